The number of hydrogen-bond donors (Lipinski definition) is 1. The standard InChI is InChI=1S/C14H26O/c1-13(15)14-11-9-7-5-3-2-4-6-8-10-12-14/h11,13,15H,2-10,12H2,1H3/b14-11+. The second-order valence-electron chi connectivity index (χ2n) is 4.82. The Balaban J connectivity index is 2.38. The highest BCUT2D eigenvalue weighted by Crippen LogP contribution is 2.18. The van der Waals surface area contributed by atoms with Crippen LogP contribution in [-0.2, 0) is 0 Å². The molecular formula is C14H26O. The van der Waals surface area contributed by atoms with E-state index in [0.717, 1.165) is 6.42 Å². The van der Waals surface area contributed by atoms with E-state index in [2.05, 4.69) is 6.08 Å². The number of aliphatic hydroxyl groups excluding tert-OH is 1. The van der Waals surface area contributed by atoms with E-state index in [1.165, 1.54) is 63.4 Å². The van der Waals surface area contributed by atoms with Gasteiger partial charge < -0.3 is 5.11 Å². The third-order valence-corrected chi connectivity index (χ3v) is 3.36. The summed E-state index contributed by atoms with van der Waals surface area (Å²) in [6.45, 7) is 1.90. The third-order valence-electron chi connectivity index (χ3n) is 3.36. The zero-order valence-electron chi connectivity index (χ0n) is 10.2. The highest BCUT2D eigenvalue weighted by Gasteiger charge is 2.05. The fraction of sp³-hybridized carbons (Fsp3) is 0.857. The summed E-state index contributed by atoms with van der Waals surface area (Å²) in [6.07, 6.45) is 15.2. The largest absolute Gasteiger partial charge is 0.389 e. The van der Waals surface area contributed by atoms with Crippen LogP contribution in [0.25, 0.3) is 0 Å². The first kappa shape index (κ1) is 12.8. The monoisotopic (exact) mass is 210 g/mol. The molecule has 0 bridgehead atoms. The van der Waals surface area contributed by atoms with E-state index < -0.39 is 0 Å². The van der Waals surface area contributed by atoms with Crippen LogP contribution in [0.3, 0.4) is 0 Å². The predicted octanol–water partition coefficient (Wildman–Crippen LogP) is 4.21. The highest BCUT2D eigenvalue weighted by molar-refractivity contribution is 5.06. The molecule has 1 unspecified atom stereocenters. The first-order valence-electron chi connectivity index (χ1n) is 6.67. The van der Waals surface area contributed by atoms with Gasteiger partial charge in [-0.2, -0.15) is 0 Å². The summed E-state index contributed by atoms with van der Waals surface area (Å²) in [7, 11) is 0. The minimum Gasteiger partial charge on any atom is -0.389 e. The molecule has 0 fully saturated rings. The lowest BCUT2D eigenvalue weighted by molar-refractivity contribution is 0.225. The van der Waals surface area contributed by atoms with Crippen LogP contribution in [0.2, 0.25) is 0 Å². The average Bonchev–Trinajstić information content (AvgIpc) is 2.18. The summed E-state index contributed by atoms with van der Waals surface area (Å²) in [4.78, 5) is 0. The van der Waals surface area contributed by atoms with Crippen molar-refractivity contribution in [1.82, 2.24) is 0 Å². The summed E-state index contributed by atoms with van der Waals surface area (Å²) >= 11 is 0. The topological polar surface area (TPSA) is 20.2 Å². The molecule has 0 aromatic rings. The van der Waals surface area contributed by atoms with Gasteiger partial charge >= 0.3 is 0 Å². The van der Waals surface area contributed by atoms with Gasteiger partial charge in [-0.15, -0.1) is 0 Å². The van der Waals surface area contributed by atoms with Crippen LogP contribution >= 0.6 is 0 Å². The van der Waals surface area contributed by atoms with Gasteiger partial charge in [0.2, 0.25) is 0 Å². The van der Waals surface area contributed by atoms with E-state index in [0.29, 0.717) is 0 Å². The van der Waals surface area contributed by atoms with Crippen molar-refractivity contribution < 1.29 is 5.11 Å². The fourth-order valence-corrected chi connectivity index (χ4v) is 2.30. The maximum absolute atomic E-state index is 9.61. The molecule has 88 valence electrons. The Kier molecular flexibility index (Phi) is 6.74. The second-order valence-corrected chi connectivity index (χ2v) is 4.82. The van der Waals surface area contributed by atoms with Crippen molar-refractivity contribution in [2.45, 2.75) is 77.2 Å². The zero-order chi connectivity index (χ0) is 10.9. The first-order chi connectivity index (χ1) is 7.30. The van der Waals surface area contributed by atoms with Gasteiger partial charge in [0.1, 0.15) is 0 Å². The van der Waals surface area contributed by atoms with Crippen molar-refractivity contribution >= 4 is 0 Å². The molecule has 1 heteroatoms. The van der Waals surface area contributed by atoms with Gasteiger partial charge in [0.15, 0.2) is 0 Å². The predicted molar refractivity (Wildman–Crippen MR) is 65.9 cm³/mol. The summed E-state index contributed by atoms with van der Waals surface area (Å²) < 4.78 is 0. The third kappa shape index (κ3) is 5.99. The Morgan fingerprint density at radius 3 is 2.07 bits per heavy atom. The average molecular weight is 210 g/mol. The van der Waals surface area contributed by atoms with Gasteiger partial charge in [-0.05, 0) is 38.2 Å². The molecule has 0 saturated carbocycles. The lowest BCUT2D eigenvalue weighted by atomic mass is 9.98. The highest BCUT2D eigenvalue weighted by atomic mass is 16.3. The van der Waals surface area contributed by atoms with Gasteiger partial charge in [-0.25, -0.2) is 0 Å². The Morgan fingerprint density at radius 1 is 0.933 bits per heavy atom. The minimum absolute atomic E-state index is 0.229. The summed E-state index contributed by atoms with van der Waals surface area (Å²) in [5, 5.41) is 9.61. The molecule has 1 atom stereocenters. The number of rotatable bonds is 1. The van der Waals surface area contributed by atoms with Crippen LogP contribution in [0.4, 0.5) is 0 Å². The quantitative estimate of drug-likeness (QED) is 0.643. The Morgan fingerprint density at radius 2 is 1.47 bits per heavy atom. The fourth-order valence-electron chi connectivity index (χ4n) is 2.30. The van der Waals surface area contributed by atoms with Crippen molar-refractivity contribution in [3.8, 4) is 0 Å². The zero-order valence-corrected chi connectivity index (χ0v) is 10.2. The molecule has 1 aliphatic carbocycles. The van der Waals surface area contributed by atoms with Crippen molar-refractivity contribution in [3.63, 3.8) is 0 Å². The van der Waals surface area contributed by atoms with Crippen molar-refractivity contribution in [3.05, 3.63) is 11.6 Å². The number of hydrogen-bond acceptors (Lipinski definition) is 1. The van der Waals surface area contributed by atoms with E-state index in [1.54, 1.807) is 0 Å². The molecule has 1 rings (SSSR count). The molecule has 0 aliphatic heterocycles. The minimum atomic E-state index is -0.229. The molecule has 1 aliphatic rings. The van der Waals surface area contributed by atoms with E-state index >= 15 is 0 Å². The molecule has 1 nitrogen and oxygen atoms in total. The van der Waals surface area contributed by atoms with Gasteiger partial charge in [-0.1, -0.05) is 44.6 Å². The molecule has 0 radical (unpaired) electrons. The Hall–Kier alpha value is -0.300. The van der Waals surface area contributed by atoms with E-state index in [-0.39, 0.29) is 6.10 Å². The molecular weight excluding hydrogens is 184 g/mol. The molecule has 0 saturated heterocycles. The van der Waals surface area contributed by atoms with Gasteiger partial charge in [0, 0.05) is 0 Å². The van der Waals surface area contributed by atoms with E-state index in [1.807, 2.05) is 6.92 Å². The van der Waals surface area contributed by atoms with Crippen molar-refractivity contribution in [1.29, 1.82) is 0 Å². The number of aliphatic hydroxyl groups is 1. The Labute approximate surface area is 94.6 Å². The van der Waals surface area contributed by atoms with Crippen molar-refractivity contribution in [2.24, 2.45) is 0 Å². The molecule has 0 aromatic heterocycles. The van der Waals surface area contributed by atoms with E-state index in [4.69, 9.17) is 0 Å². The van der Waals surface area contributed by atoms with Crippen LogP contribution in [0.1, 0.15) is 71.1 Å². The lowest BCUT2D eigenvalue weighted by Gasteiger charge is -2.12. The van der Waals surface area contributed by atoms with Crippen molar-refractivity contribution in [2.75, 3.05) is 0 Å². The van der Waals surface area contributed by atoms with Crippen LogP contribution in [0, 0.1) is 0 Å². The summed E-state index contributed by atoms with van der Waals surface area (Å²) in [5.41, 5.74) is 1.27. The molecule has 0 amide bonds. The first-order valence-corrected chi connectivity index (χ1v) is 6.67. The second kappa shape index (κ2) is 7.92. The van der Waals surface area contributed by atoms with Crippen LogP contribution in [0.15, 0.2) is 11.6 Å². The maximum Gasteiger partial charge on any atom is 0.0721 e. The molecule has 15 heavy (non-hydrogen) atoms. The van der Waals surface area contributed by atoms with Gasteiger partial charge in [-0.3, -0.25) is 0 Å². The number of allylic oxidation sites excluding steroid dienone is 1. The summed E-state index contributed by atoms with van der Waals surface area (Å²) in [6, 6.07) is 0. The smallest absolute Gasteiger partial charge is 0.0721 e. The SMILES string of the molecule is CC(O)/C1=C/CCCCCCCCCC1. The van der Waals surface area contributed by atoms with Gasteiger partial charge in [0.05, 0.1) is 6.10 Å². The van der Waals surface area contributed by atoms with Crippen LogP contribution < -0.4 is 0 Å². The van der Waals surface area contributed by atoms with E-state index in [9.17, 15) is 5.11 Å². The molecule has 0 heterocycles. The van der Waals surface area contributed by atoms with Crippen LogP contribution in [0.5, 0.6) is 0 Å². The van der Waals surface area contributed by atoms with Crippen LogP contribution in [-0.4, -0.2) is 11.2 Å². The van der Waals surface area contributed by atoms with Gasteiger partial charge in [0.25, 0.3) is 0 Å². The normalized spacial score (nSPS) is 26.9. The lowest BCUT2D eigenvalue weighted by Crippen LogP contribution is -2.05. The molecule has 0 spiro atoms. The Bertz CT molecular complexity index is 182. The molecule has 1 N–H and O–H groups in total. The maximum atomic E-state index is 9.61. The summed E-state index contributed by atoms with van der Waals surface area (Å²) in [5.74, 6) is 0. The molecule has 0 aromatic carbocycles.